The quantitative estimate of drug-likeness (QED) is 0.853. The molecule has 0 radical (unpaired) electrons. The van der Waals surface area contributed by atoms with E-state index >= 15 is 0 Å². The minimum absolute atomic E-state index is 0.0946. The van der Waals surface area contributed by atoms with Crippen LogP contribution < -0.4 is 5.56 Å². The zero-order valence-electron chi connectivity index (χ0n) is 14.0. The van der Waals surface area contributed by atoms with E-state index in [-0.39, 0.29) is 43.3 Å². The summed E-state index contributed by atoms with van der Waals surface area (Å²) in [5, 5.41) is 5.87. The summed E-state index contributed by atoms with van der Waals surface area (Å²) in [7, 11) is 0. The van der Waals surface area contributed by atoms with E-state index in [1.54, 1.807) is 0 Å². The molecule has 142 valence electrons. The van der Waals surface area contributed by atoms with Crippen LogP contribution in [-0.2, 0) is 6.18 Å². The average molecular weight is 380 g/mol. The summed E-state index contributed by atoms with van der Waals surface area (Å²) in [5.74, 6) is -0.758. The van der Waals surface area contributed by atoms with Gasteiger partial charge in [0.1, 0.15) is 5.69 Å². The molecule has 2 amide bonds. The molecule has 7 nitrogen and oxygen atoms in total. The number of aromatic nitrogens is 2. The Balaban J connectivity index is 1.61. The van der Waals surface area contributed by atoms with Gasteiger partial charge in [0.25, 0.3) is 17.4 Å². The van der Waals surface area contributed by atoms with Crippen molar-refractivity contribution in [3.63, 3.8) is 0 Å². The van der Waals surface area contributed by atoms with Crippen molar-refractivity contribution in [1.82, 2.24) is 20.0 Å². The van der Waals surface area contributed by atoms with Crippen LogP contribution in [0.2, 0.25) is 0 Å². The number of benzene rings is 1. The highest BCUT2D eigenvalue weighted by Crippen LogP contribution is 2.29. The van der Waals surface area contributed by atoms with Gasteiger partial charge in [0, 0.05) is 37.8 Å². The SMILES string of the molecule is O=C(c1ccc(C(F)(F)F)cc1)N1CCN(C(=O)c2ccc(=O)[nH]n2)CC1. The van der Waals surface area contributed by atoms with Crippen LogP contribution in [-0.4, -0.2) is 58.0 Å². The molecule has 0 saturated carbocycles. The molecule has 1 N–H and O–H groups in total. The molecular weight excluding hydrogens is 365 g/mol. The van der Waals surface area contributed by atoms with Crippen molar-refractivity contribution in [2.24, 2.45) is 0 Å². The Bertz CT molecular complexity index is 880. The van der Waals surface area contributed by atoms with Gasteiger partial charge in [-0.2, -0.15) is 18.3 Å². The highest BCUT2D eigenvalue weighted by Gasteiger charge is 2.31. The fourth-order valence-corrected chi connectivity index (χ4v) is 2.72. The van der Waals surface area contributed by atoms with Crippen molar-refractivity contribution in [2.45, 2.75) is 6.18 Å². The summed E-state index contributed by atoms with van der Waals surface area (Å²) < 4.78 is 37.8. The highest BCUT2D eigenvalue weighted by molar-refractivity contribution is 5.95. The van der Waals surface area contributed by atoms with Crippen molar-refractivity contribution in [3.05, 3.63) is 63.6 Å². The van der Waals surface area contributed by atoms with Crippen LogP contribution in [0.4, 0.5) is 13.2 Å². The Labute approximate surface area is 151 Å². The first-order valence-corrected chi connectivity index (χ1v) is 8.07. The van der Waals surface area contributed by atoms with E-state index < -0.39 is 23.2 Å². The van der Waals surface area contributed by atoms with Gasteiger partial charge in [-0.3, -0.25) is 14.4 Å². The van der Waals surface area contributed by atoms with Crippen molar-refractivity contribution < 1.29 is 22.8 Å². The second-order valence-electron chi connectivity index (χ2n) is 5.97. The van der Waals surface area contributed by atoms with Crippen LogP contribution in [0.5, 0.6) is 0 Å². The number of amides is 2. The maximum absolute atomic E-state index is 12.6. The van der Waals surface area contributed by atoms with Crippen LogP contribution >= 0.6 is 0 Å². The number of hydrogen-bond acceptors (Lipinski definition) is 4. The summed E-state index contributed by atoms with van der Waals surface area (Å²) in [4.78, 5) is 38.7. The maximum atomic E-state index is 12.6. The number of H-pyrrole nitrogens is 1. The van der Waals surface area contributed by atoms with E-state index in [9.17, 15) is 27.6 Å². The Morgan fingerprint density at radius 2 is 1.44 bits per heavy atom. The third kappa shape index (κ3) is 4.15. The number of hydrogen-bond donors (Lipinski definition) is 1. The van der Waals surface area contributed by atoms with Crippen LogP contribution in [0.15, 0.2) is 41.2 Å². The van der Waals surface area contributed by atoms with Crippen LogP contribution in [0.3, 0.4) is 0 Å². The molecule has 0 spiro atoms. The number of aromatic amines is 1. The van der Waals surface area contributed by atoms with Gasteiger partial charge < -0.3 is 9.80 Å². The molecule has 0 unspecified atom stereocenters. The number of alkyl halides is 3. The van der Waals surface area contributed by atoms with Crippen molar-refractivity contribution in [3.8, 4) is 0 Å². The van der Waals surface area contributed by atoms with Gasteiger partial charge in [0.05, 0.1) is 5.56 Å². The predicted molar refractivity (Wildman–Crippen MR) is 88.1 cm³/mol. The highest BCUT2D eigenvalue weighted by atomic mass is 19.4. The van der Waals surface area contributed by atoms with Gasteiger partial charge in [-0.1, -0.05) is 0 Å². The molecule has 0 bridgehead atoms. The molecule has 1 aromatic carbocycles. The van der Waals surface area contributed by atoms with Gasteiger partial charge in [0.2, 0.25) is 0 Å². The Kier molecular flexibility index (Phi) is 4.98. The smallest absolute Gasteiger partial charge is 0.335 e. The standard InChI is InChI=1S/C17H15F3N4O3/c18-17(19,20)12-3-1-11(2-4-12)15(26)23-7-9-24(10-8-23)16(27)13-5-6-14(25)22-21-13/h1-6H,7-10H2,(H,22,25). The Morgan fingerprint density at radius 1 is 0.889 bits per heavy atom. The Morgan fingerprint density at radius 3 is 1.93 bits per heavy atom. The molecule has 1 aliphatic rings. The molecule has 1 saturated heterocycles. The molecular formula is C17H15F3N4O3. The van der Waals surface area contributed by atoms with E-state index in [4.69, 9.17) is 0 Å². The monoisotopic (exact) mass is 380 g/mol. The molecule has 0 atom stereocenters. The lowest BCUT2D eigenvalue weighted by Gasteiger charge is -2.34. The van der Waals surface area contributed by atoms with Gasteiger partial charge in [-0.25, -0.2) is 5.10 Å². The third-order valence-corrected chi connectivity index (χ3v) is 4.21. The van der Waals surface area contributed by atoms with Gasteiger partial charge in [-0.15, -0.1) is 0 Å². The lowest BCUT2D eigenvalue weighted by Crippen LogP contribution is -2.50. The van der Waals surface area contributed by atoms with Crippen molar-refractivity contribution in [1.29, 1.82) is 0 Å². The number of rotatable bonds is 2. The molecule has 0 aliphatic carbocycles. The number of nitrogens with zero attached hydrogens (tertiary/aromatic N) is 3. The number of carbonyl (C=O) groups is 2. The van der Waals surface area contributed by atoms with E-state index in [1.807, 2.05) is 0 Å². The second kappa shape index (κ2) is 7.22. The molecule has 2 heterocycles. The van der Waals surface area contributed by atoms with E-state index in [0.717, 1.165) is 24.3 Å². The average Bonchev–Trinajstić information content (AvgIpc) is 2.67. The maximum Gasteiger partial charge on any atom is 0.416 e. The van der Waals surface area contributed by atoms with Crippen molar-refractivity contribution >= 4 is 11.8 Å². The zero-order chi connectivity index (χ0) is 19.6. The number of carbonyl (C=O) groups excluding carboxylic acids is 2. The third-order valence-electron chi connectivity index (χ3n) is 4.21. The molecule has 3 rings (SSSR count). The number of halogens is 3. The molecule has 27 heavy (non-hydrogen) atoms. The molecule has 2 aromatic rings. The molecule has 1 aromatic heterocycles. The van der Waals surface area contributed by atoms with Gasteiger partial charge in [-0.05, 0) is 30.3 Å². The zero-order valence-corrected chi connectivity index (χ0v) is 14.0. The minimum Gasteiger partial charge on any atom is -0.335 e. The van der Waals surface area contributed by atoms with E-state index in [1.165, 1.54) is 21.9 Å². The first-order chi connectivity index (χ1) is 12.8. The van der Waals surface area contributed by atoms with Crippen LogP contribution in [0.25, 0.3) is 0 Å². The fourth-order valence-electron chi connectivity index (χ4n) is 2.72. The van der Waals surface area contributed by atoms with Crippen molar-refractivity contribution in [2.75, 3.05) is 26.2 Å². The predicted octanol–water partition coefficient (Wildman–Crippen LogP) is 1.39. The Hall–Kier alpha value is -3.17. The lowest BCUT2D eigenvalue weighted by molar-refractivity contribution is -0.137. The van der Waals surface area contributed by atoms with Gasteiger partial charge >= 0.3 is 6.18 Å². The second-order valence-corrected chi connectivity index (χ2v) is 5.97. The molecule has 10 heteroatoms. The largest absolute Gasteiger partial charge is 0.416 e. The first-order valence-electron chi connectivity index (χ1n) is 8.07. The van der Waals surface area contributed by atoms with E-state index in [2.05, 4.69) is 10.2 Å². The van der Waals surface area contributed by atoms with Gasteiger partial charge in [0.15, 0.2) is 0 Å². The molecule has 1 aliphatic heterocycles. The fraction of sp³-hybridized carbons (Fsp3) is 0.294. The van der Waals surface area contributed by atoms with Crippen LogP contribution in [0.1, 0.15) is 26.4 Å². The normalized spacial score (nSPS) is 14.9. The summed E-state index contributed by atoms with van der Waals surface area (Å²) in [5.41, 5.74) is -0.983. The molecule has 1 fully saturated rings. The first kappa shape index (κ1) is 18.6. The summed E-state index contributed by atoms with van der Waals surface area (Å²) in [6, 6.07) is 6.55. The number of piperazine rings is 1. The minimum atomic E-state index is -4.46. The topological polar surface area (TPSA) is 86.4 Å². The number of nitrogens with one attached hydrogen (secondary N) is 1. The summed E-state index contributed by atoms with van der Waals surface area (Å²) >= 11 is 0. The lowest BCUT2D eigenvalue weighted by atomic mass is 10.1. The summed E-state index contributed by atoms with van der Waals surface area (Å²) in [6.07, 6.45) is -4.46. The summed E-state index contributed by atoms with van der Waals surface area (Å²) in [6.45, 7) is 1.00. The van der Waals surface area contributed by atoms with Crippen LogP contribution in [0, 0.1) is 0 Å². The van der Waals surface area contributed by atoms with E-state index in [0.29, 0.717) is 0 Å².